The first kappa shape index (κ1) is 16.1. The summed E-state index contributed by atoms with van der Waals surface area (Å²) in [5.74, 6) is 2.96. The minimum Gasteiger partial charge on any atom is -0.279 e. The lowest BCUT2D eigenvalue weighted by Crippen LogP contribution is -2.19. The highest BCUT2D eigenvalue weighted by Crippen LogP contribution is 2.30. The molecule has 0 atom stereocenters. The fourth-order valence-electron chi connectivity index (χ4n) is 2.31. The number of hydrogen-bond donors (Lipinski definition) is 0. The molecule has 0 radical (unpaired) electrons. The Morgan fingerprint density at radius 2 is 1.96 bits per heavy atom. The van der Waals surface area contributed by atoms with Crippen LogP contribution in [0.4, 0.5) is 0 Å². The van der Waals surface area contributed by atoms with Crippen LogP contribution in [0.3, 0.4) is 0 Å². The first-order valence-corrected chi connectivity index (χ1v) is 10.7. The van der Waals surface area contributed by atoms with Gasteiger partial charge in [-0.3, -0.25) is 13.8 Å². The van der Waals surface area contributed by atoms with Gasteiger partial charge < -0.3 is 0 Å². The SMILES string of the molecule is CCSc1nnc(SCc2nnc3n(C)c(=O)c4sccc4n23)s1. The highest BCUT2D eigenvalue weighted by Gasteiger charge is 2.16. The molecule has 0 N–H and O–H groups in total. The van der Waals surface area contributed by atoms with Gasteiger partial charge >= 0.3 is 0 Å². The van der Waals surface area contributed by atoms with Crippen molar-refractivity contribution in [1.29, 1.82) is 0 Å². The summed E-state index contributed by atoms with van der Waals surface area (Å²) < 4.78 is 6.10. The first-order chi connectivity index (χ1) is 11.7. The molecule has 11 heteroatoms. The number of nitrogens with zero attached hydrogens (tertiary/aromatic N) is 6. The third kappa shape index (κ3) is 2.65. The van der Waals surface area contributed by atoms with E-state index < -0.39 is 0 Å². The zero-order valence-electron chi connectivity index (χ0n) is 12.8. The van der Waals surface area contributed by atoms with Crippen LogP contribution in [0.25, 0.3) is 16.0 Å². The molecule has 4 rings (SSSR count). The lowest BCUT2D eigenvalue weighted by Gasteiger charge is -2.04. The van der Waals surface area contributed by atoms with Crippen LogP contribution in [0, 0.1) is 0 Å². The Morgan fingerprint density at radius 3 is 2.75 bits per heavy atom. The second kappa shape index (κ2) is 6.47. The van der Waals surface area contributed by atoms with Crippen LogP contribution in [0.5, 0.6) is 0 Å². The van der Waals surface area contributed by atoms with Crippen LogP contribution in [-0.2, 0) is 12.8 Å². The summed E-state index contributed by atoms with van der Waals surface area (Å²) in [6, 6.07) is 1.94. The molecule has 0 aromatic carbocycles. The molecule has 0 bridgehead atoms. The van der Waals surface area contributed by atoms with Crippen molar-refractivity contribution in [2.24, 2.45) is 7.05 Å². The number of hydrogen-bond acceptors (Lipinski definition) is 9. The predicted octanol–water partition coefficient (Wildman–Crippen LogP) is 2.90. The van der Waals surface area contributed by atoms with E-state index in [1.165, 1.54) is 11.3 Å². The Kier molecular flexibility index (Phi) is 4.33. The van der Waals surface area contributed by atoms with E-state index in [4.69, 9.17) is 0 Å². The number of rotatable bonds is 5. The van der Waals surface area contributed by atoms with E-state index in [1.54, 1.807) is 46.5 Å². The summed E-state index contributed by atoms with van der Waals surface area (Å²) in [4.78, 5) is 12.3. The Balaban J connectivity index is 1.70. The average Bonchev–Trinajstić information content (AvgIpc) is 3.29. The fraction of sp³-hybridized carbons (Fsp3) is 0.308. The van der Waals surface area contributed by atoms with Gasteiger partial charge in [-0.1, -0.05) is 41.8 Å². The monoisotopic (exact) mass is 396 g/mol. The molecular formula is C13H12N6OS4. The van der Waals surface area contributed by atoms with Crippen LogP contribution >= 0.6 is 46.2 Å². The summed E-state index contributed by atoms with van der Waals surface area (Å²) >= 11 is 6.30. The summed E-state index contributed by atoms with van der Waals surface area (Å²) in [6.07, 6.45) is 0. The van der Waals surface area contributed by atoms with Gasteiger partial charge in [0.25, 0.3) is 5.56 Å². The number of thioether (sulfide) groups is 2. The van der Waals surface area contributed by atoms with Crippen LogP contribution < -0.4 is 5.56 Å². The maximum atomic E-state index is 12.3. The van der Waals surface area contributed by atoms with Gasteiger partial charge in [0.05, 0.1) is 11.3 Å². The number of aromatic nitrogens is 6. The molecule has 0 unspecified atom stereocenters. The molecule has 0 fully saturated rings. The molecule has 7 nitrogen and oxygen atoms in total. The van der Waals surface area contributed by atoms with Gasteiger partial charge in [-0.2, -0.15) is 0 Å². The van der Waals surface area contributed by atoms with Gasteiger partial charge in [-0.05, 0) is 17.2 Å². The van der Waals surface area contributed by atoms with Crippen molar-refractivity contribution in [2.45, 2.75) is 21.4 Å². The van der Waals surface area contributed by atoms with E-state index in [0.29, 0.717) is 16.2 Å². The van der Waals surface area contributed by atoms with E-state index in [0.717, 1.165) is 25.8 Å². The summed E-state index contributed by atoms with van der Waals surface area (Å²) in [6.45, 7) is 2.09. The molecule has 4 aromatic heterocycles. The van der Waals surface area contributed by atoms with E-state index in [-0.39, 0.29) is 5.56 Å². The molecule has 124 valence electrons. The van der Waals surface area contributed by atoms with Gasteiger partial charge in [0.15, 0.2) is 8.68 Å². The molecule has 0 aliphatic heterocycles. The number of fused-ring (bicyclic) bond motifs is 3. The van der Waals surface area contributed by atoms with Gasteiger partial charge in [0, 0.05) is 7.05 Å². The van der Waals surface area contributed by atoms with Crippen LogP contribution in [0.2, 0.25) is 0 Å². The first-order valence-electron chi connectivity index (χ1n) is 7.08. The topological polar surface area (TPSA) is 78.0 Å². The lowest BCUT2D eigenvalue weighted by atomic mass is 10.4. The molecule has 0 aliphatic carbocycles. The lowest BCUT2D eigenvalue weighted by molar-refractivity contribution is 0.860. The van der Waals surface area contributed by atoms with Gasteiger partial charge in [-0.15, -0.1) is 31.7 Å². The molecule has 0 aliphatic rings. The predicted molar refractivity (Wildman–Crippen MR) is 99.5 cm³/mol. The molecule has 4 aromatic rings. The fourth-order valence-corrected chi connectivity index (χ4v) is 5.99. The zero-order chi connectivity index (χ0) is 16.7. The Bertz CT molecular complexity index is 1080. The van der Waals surface area contributed by atoms with Crippen molar-refractivity contribution in [3.63, 3.8) is 0 Å². The molecule has 24 heavy (non-hydrogen) atoms. The van der Waals surface area contributed by atoms with Crippen molar-refractivity contribution in [3.8, 4) is 0 Å². The van der Waals surface area contributed by atoms with E-state index >= 15 is 0 Å². The van der Waals surface area contributed by atoms with Crippen molar-refractivity contribution in [2.75, 3.05) is 5.75 Å². The van der Waals surface area contributed by atoms with Crippen molar-refractivity contribution >= 4 is 62.2 Å². The van der Waals surface area contributed by atoms with Crippen molar-refractivity contribution < 1.29 is 0 Å². The average molecular weight is 397 g/mol. The van der Waals surface area contributed by atoms with Crippen LogP contribution in [-0.4, -0.2) is 35.1 Å². The number of aryl methyl sites for hydroxylation is 1. The van der Waals surface area contributed by atoms with Crippen LogP contribution in [0.15, 0.2) is 24.9 Å². The van der Waals surface area contributed by atoms with Gasteiger partial charge in [-0.25, -0.2) is 0 Å². The van der Waals surface area contributed by atoms with Gasteiger partial charge in [0.1, 0.15) is 10.5 Å². The minimum absolute atomic E-state index is 0.0375. The van der Waals surface area contributed by atoms with Crippen molar-refractivity contribution in [1.82, 2.24) is 29.4 Å². The molecule has 0 saturated heterocycles. The third-order valence-corrected chi connectivity index (χ3v) is 7.34. The second-order valence-electron chi connectivity index (χ2n) is 4.81. The van der Waals surface area contributed by atoms with Crippen LogP contribution in [0.1, 0.15) is 12.7 Å². The zero-order valence-corrected chi connectivity index (χ0v) is 16.1. The molecule has 0 amide bonds. The second-order valence-corrected chi connectivity index (χ2v) is 9.43. The maximum Gasteiger partial charge on any atom is 0.272 e. The highest BCUT2D eigenvalue weighted by molar-refractivity contribution is 8.02. The maximum absolute atomic E-state index is 12.3. The summed E-state index contributed by atoms with van der Waals surface area (Å²) in [5.41, 5.74) is 0.822. The van der Waals surface area contributed by atoms with Crippen molar-refractivity contribution in [3.05, 3.63) is 27.6 Å². The quantitative estimate of drug-likeness (QED) is 0.480. The molecule has 4 heterocycles. The molecule has 0 spiro atoms. The molecule has 0 saturated carbocycles. The van der Waals surface area contributed by atoms with E-state index in [2.05, 4.69) is 27.3 Å². The summed E-state index contributed by atoms with van der Waals surface area (Å²) in [5, 5.41) is 18.7. The molecular weight excluding hydrogens is 384 g/mol. The minimum atomic E-state index is -0.0375. The summed E-state index contributed by atoms with van der Waals surface area (Å²) in [7, 11) is 1.72. The smallest absolute Gasteiger partial charge is 0.272 e. The van der Waals surface area contributed by atoms with Gasteiger partial charge in [0.2, 0.25) is 5.78 Å². The Morgan fingerprint density at radius 1 is 1.17 bits per heavy atom. The highest BCUT2D eigenvalue weighted by atomic mass is 32.2. The normalized spacial score (nSPS) is 11.8. The largest absolute Gasteiger partial charge is 0.279 e. The number of thiophene rings is 1. The Hall–Kier alpha value is -1.43. The van der Waals surface area contributed by atoms with E-state index in [1.807, 2.05) is 15.8 Å². The van der Waals surface area contributed by atoms with E-state index in [9.17, 15) is 4.79 Å². The third-order valence-electron chi connectivity index (χ3n) is 3.38. The standard InChI is InChI=1S/C13H12N6OS4/c1-3-21-12-16-17-13(24-12)23-6-8-14-15-11-18(2)10(20)9-7(19(8)11)4-5-22-9/h4-5H,3,6H2,1-2H3. The Labute approximate surface area is 153 Å².